The molecule has 7 nitrogen and oxygen atoms in total. The van der Waals surface area contributed by atoms with Crippen molar-refractivity contribution in [3.8, 4) is 11.3 Å². The highest BCUT2D eigenvalue weighted by Gasteiger charge is 2.35. The molecule has 0 aliphatic carbocycles. The summed E-state index contributed by atoms with van der Waals surface area (Å²) in [6.07, 6.45) is 1.67. The molecule has 0 bridgehead atoms. The maximum Gasteiger partial charge on any atom is 0.303 e. The van der Waals surface area contributed by atoms with Crippen LogP contribution in [-0.4, -0.2) is 27.3 Å². The molecular formula is C21H14N6OS2. The molecule has 0 atom stereocenters. The van der Waals surface area contributed by atoms with Gasteiger partial charge < -0.3 is 0 Å². The normalized spacial score (nSPS) is 14.9. The van der Waals surface area contributed by atoms with Gasteiger partial charge in [-0.15, -0.1) is 22.7 Å². The SMILES string of the molecule is O=C1/C(=N/Nc2nccs2)C(c2ccccc2)=NN1c1nc(-c2ccccc2)cs1. The number of hydrogen-bond donors (Lipinski definition) is 1. The second-order valence-electron chi connectivity index (χ2n) is 6.22. The van der Waals surface area contributed by atoms with Gasteiger partial charge in [-0.25, -0.2) is 9.97 Å². The predicted octanol–water partition coefficient (Wildman–Crippen LogP) is 4.49. The number of benzene rings is 2. The van der Waals surface area contributed by atoms with Crippen molar-refractivity contribution in [2.75, 3.05) is 10.4 Å². The molecule has 146 valence electrons. The van der Waals surface area contributed by atoms with Crippen LogP contribution in [0.4, 0.5) is 10.3 Å². The van der Waals surface area contributed by atoms with E-state index in [9.17, 15) is 4.79 Å². The van der Waals surface area contributed by atoms with Gasteiger partial charge in [0, 0.05) is 28.1 Å². The summed E-state index contributed by atoms with van der Waals surface area (Å²) in [5.41, 5.74) is 6.13. The Morgan fingerprint density at radius 2 is 1.67 bits per heavy atom. The number of hydrazone groups is 2. The Morgan fingerprint density at radius 3 is 2.37 bits per heavy atom. The summed E-state index contributed by atoms with van der Waals surface area (Å²) in [6.45, 7) is 0. The Hall–Kier alpha value is -3.69. The van der Waals surface area contributed by atoms with E-state index in [4.69, 9.17) is 0 Å². The lowest BCUT2D eigenvalue weighted by atomic mass is 10.1. The quantitative estimate of drug-likeness (QED) is 0.473. The van der Waals surface area contributed by atoms with Crippen molar-refractivity contribution in [2.24, 2.45) is 10.2 Å². The van der Waals surface area contributed by atoms with E-state index in [2.05, 4.69) is 25.6 Å². The minimum absolute atomic E-state index is 0.216. The van der Waals surface area contributed by atoms with Crippen LogP contribution >= 0.6 is 22.7 Å². The molecule has 0 spiro atoms. The molecule has 4 aromatic rings. The number of nitrogens with zero attached hydrogens (tertiary/aromatic N) is 5. The fraction of sp³-hybridized carbons (Fsp3) is 0. The van der Waals surface area contributed by atoms with E-state index in [1.807, 2.05) is 71.4 Å². The van der Waals surface area contributed by atoms with E-state index >= 15 is 0 Å². The monoisotopic (exact) mass is 430 g/mol. The lowest BCUT2D eigenvalue weighted by Gasteiger charge is -2.06. The predicted molar refractivity (Wildman–Crippen MR) is 121 cm³/mol. The summed E-state index contributed by atoms with van der Waals surface area (Å²) in [4.78, 5) is 21.9. The number of rotatable bonds is 5. The molecule has 0 fully saturated rings. The third kappa shape index (κ3) is 3.51. The third-order valence-corrected chi connectivity index (χ3v) is 5.80. The molecule has 1 aliphatic rings. The van der Waals surface area contributed by atoms with Crippen molar-refractivity contribution in [2.45, 2.75) is 0 Å². The van der Waals surface area contributed by atoms with Crippen LogP contribution in [0.5, 0.6) is 0 Å². The first-order valence-corrected chi connectivity index (χ1v) is 10.8. The summed E-state index contributed by atoms with van der Waals surface area (Å²) in [6, 6.07) is 19.3. The number of aromatic nitrogens is 2. The molecule has 2 aromatic carbocycles. The Labute approximate surface area is 180 Å². The molecule has 3 heterocycles. The van der Waals surface area contributed by atoms with E-state index in [0.29, 0.717) is 16.0 Å². The zero-order valence-electron chi connectivity index (χ0n) is 15.5. The van der Waals surface area contributed by atoms with Crippen LogP contribution in [0.2, 0.25) is 0 Å². The molecule has 1 amide bonds. The highest BCUT2D eigenvalue weighted by atomic mass is 32.1. The average molecular weight is 431 g/mol. The highest BCUT2D eigenvalue weighted by molar-refractivity contribution is 7.14. The van der Waals surface area contributed by atoms with E-state index < -0.39 is 0 Å². The van der Waals surface area contributed by atoms with Crippen molar-refractivity contribution >= 4 is 50.3 Å². The van der Waals surface area contributed by atoms with Crippen LogP contribution in [0.1, 0.15) is 5.56 Å². The van der Waals surface area contributed by atoms with Gasteiger partial charge in [0.05, 0.1) is 5.69 Å². The fourth-order valence-corrected chi connectivity index (χ4v) is 4.15. The molecule has 5 rings (SSSR count). The largest absolute Gasteiger partial charge is 0.303 e. The Bertz CT molecular complexity index is 1230. The number of anilines is 2. The van der Waals surface area contributed by atoms with Gasteiger partial charge in [-0.2, -0.15) is 15.2 Å². The van der Waals surface area contributed by atoms with Crippen molar-refractivity contribution in [3.05, 3.63) is 83.2 Å². The molecule has 30 heavy (non-hydrogen) atoms. The van der Waals surface area contributed by atoms with Gasteiger partial charge >= 0.3 is 5.91 Å². The minimum Gasteiger partial charge on any atom is -0.265 e. The summed E-state index contributed by atoms with van der Waals surface area (Å²) in [5, 5.41) is 15.0. The number of carbonyl (C=O) groups excluding carboxylic acids is 1. The van der Waals surface area contributed by atoms with Gasteiger partial charge in [0.2, 0.25) is 10.3 Å². The van der Waals surface area contributed by atoms with Crippen molar-refractivity contribution < 1.29 is 4.79 Å². The van der Waals surface area contributed by atoms with Crippen LogP contribution in [0.15, 0.2) is 87.8 Å². The molecule has 2 aromatic heterocycles. The summed E-state index contributed by atoms with van der Waals surface area (Å²) >= 11 is 2.76. The Kier molecular flexibility index (Phi) is 4.88. The van der Waals surface area contributed by atoms with Crippen LogP contribution in [0, 0.1) is 0 Å². The molecule has 0 radical (unpaired) electrons. The Balaban J connectivity index is 1.51. The van der Waals surface area contributed by atoms with E-state index in [-0.39, 0.29) is 11.6 Å². The molecule has 9 heteroatoms. The van der Waals surface area contributed by atoms with Crippen molar-refractivity contribution in [1.29, 1.82) is 0 Å². The minimum atomic E-state index is -0.341. The van der Waals surface area contributed by atoms with E-state index in [0.717, 1.165) is 16.8 Å². The van der Waals surface area contributed by atoms with Gasteiger partial charge in [-0.05, 0) is 0 Å². The van der Waals surface area contributed by atoms with E-state index in [1.54, 1.807) is 6.20 Å². The smallest absolute Gasteiger partial charge is 0.265 e. The standard InChI is InChI=1S/C21H14N6OS2/c28-19-18(24-25-20-22-11-12-29-20)17(15-9-5-2-6-10-15)26-27(19)21-23-16(13-30-21)14-7-3-1-4-8-14/h1-13H,(H,22,25)/b24-18+. The van der Waals surface area contributed by atoms with Crippen molar-refractivity contribution in [1.82, 2.24) is 9.97 Å². The first kappa shape index (κ1) is 18.3. The number of hydrogen-bond acceptors (Lipinski definition) is 8. The van der Waals surface area contributed by atoms with Crippen LogP contribution in [-0.2, 0) is 4.79 Å². The summed E-state index contributed by atoms with van der Waals surface area (Å²) in [5.74, 6) is -0.341. The Morgan fingerprint density at radius 1 is 0.933 bits per heavy atom. The van der Waals surface area contributed by atoms with Crippen LogP contribution in [0.25, 0.3) is 11.3 Å². The zero-order chi connectivity index (χ0) is 20.3. The van der Waals surface area contributed by atoms with Crippen LogP contribution < -0.4 is 10.4 Å². The second-order valence-corrected chi connectivity index (χ2v) is 7.95. The second kappa shape index (κ2) is 7.97. The first-order valence-electron chi connectivity index (χ1n) is 9.02. The average Bonchev–Trinajstić information content (AvgIpc) is 3.54. The van der Waals surface area contributed by atoms with E-state index in [1.165, 1.54) is 27.7 Å². The highest BCUT2D eigenvalue weighted by Crippen LogP contribution is 2.30. The molecular weight excluding hydrogens is 416 g/mol. The lowest BCUT2D eigenvalue weighted by Crippen LogP contribution is -2.28. The summed E-state index contributed by atoms with van der Waals surface area (Å²) < 4.78 is 0. The summed E-state index contributed by atoms with van der Waals surface area (Å²) in [7, 11) is 0. The van der Waals surface area contributed by atoms with Gasteiger partial charge in [-0.1, -0.05) is 60.7 Å². The molecule has 0 saturated heterocycles. The number of thiazole rings is 2. The first-order chi connectivity index (χ1) is 14.8. The maximum absolute atomic E-state index is 13.2. The zero-order valence-corrected chi connectivity index (χ0v) is 17.1. The number of nitrogens with one attached hydrogen (secondary N) is 1. The topological polar surface area (TPSA) is 82.8 Å². The van der Waals surface area contributed by atoms with Gasteiger partial charge in [0.25, 0.3) is 0 Å². The number of amides is 1. The lowest BCUT2D eigenvalue weighted by molar-refractivity contribution is -0.112. The third-order valence-electron chi connectivity index (χ3n) is 4.30. The fourth-order valence-electron chi connectivity index (χ4n) is 2.90. The van der Waals surface area contributed by atoms with Crippen LogP contribution in [0.3, 0.4) is 0 Å². The number of carbonyl (C=O) groups is 1. The van der Waals surface area contributed by atoms with Gasteiger partial charge in [-0.3, -0.25) is 10.2 Å². The van der Waals surface area contributed by atoms with Crippen molar-refractivity contribution in [3.63, 3.8) is 0 Å². The molecule has 0 unspecified atom stereocenters. The molecule has 0 saturated carbocycles. The molecule has 1 N–H and O–H groups in total. The van der Waals surface area contributed by atoms with Gasteiger partial charge in [0.15, 0.2) is 5.71 Å². The van der Waals surface area contributed by atoms with Gasteiger partial charge in [0.1, 0.15) is 5.71 Å². The maximum atomic E-state index is 13.2. The molecule has 1 aliphatic heterocycles.